The maximum absolute atomic E-state index is 12.5. The van der Waals surface area contributed by atoms with Crippen LogP contribution in [-0.2, 0) is 11.3 Å². The summed E-state index contributed by atoms with van der Waals surface area (Å²) in [7, 11) is 0. The number of nitrogens with two attached hydrogens (primary N) is 2. The minimum Gasteiger partial charge on any atom is -0.444 e. The van der Waals surface area contributed by atoms with Gasteiger partial charge in [-0.2, -0.15) is 0 Å². The summed E-state index contributed by atoms with van der Waals surface area (Å²) < 4.78 is 5.09. The Bertz CT molecular complexity index is 913. The van der Waals surface area contributed by atoms with E-state index in [2.05, 4.69) is 20.6 Å². The predicted molar refractivity (Wildman–Crippen MR) is 123 cm³/mol. The number of nitrogens with one attached hydrogen (secondary N) is 2. The van der Waals surface area contributed by atoms with Crippen molar-refractivity contribution in [2.24, 2.45) is 16.5 Å². The van der Waals surface area contributed by atoms with Crippen LogP contribution in [0.25, 0.3) is 0 Å². The average molecular weight is 460 g/mol. The third kappa shape index (κ3) is 7.29. The number of nitrogens with zero attached hydrogens (tertiary/aromatic N) is 3. The van der Waals surface area contributed by atoms with Gasteiger partial charge in [-0.15, -0.1) is 11.3 Å². The molecule has 0 bridgehead atoms. The topological polar surface area (TPSA) is 148 Å². The second kappa shape index (κ2) is 12.1. The van der Waals surface area contributed by atoms with Crippen LogP contribution in [0.1, 0.15) is 39.9 Å². The van der Waals surface area contributed by atoms with E-state index in [9.17, 15) is 9.59 Å². The van der Waals surface area contributed by atoms with Crippen molar-refractivity contribution in [3.05, 3.63) is 52.0 Å². The highest BCUT2D eigenvalue weighted by atomic mass is 32.1. The second-order valence-corrected chi connectivity index (χ2v) is 8.21. The molecule has 1 atom stereocenters. The molecule has 1 aliphatic heterocycles. The first-order valence-electron chi connectivity index (χ1n) is 10.5. The molecule has 10 nitrogen and oxygen atoms in total. The fraction of sp³-hybridized carbons (Fsp3) is 0.429. The number of hydrogen-bond donors (Lipinski definition) is 4. The quantitative estimate of drug-likeness (QED) is 0.263. The summed E-state index contributed by atoms with van der Waals surface area (Å²) in [4.78, 5) is 34.6. The maximum Gasteiger partial charge on any atom is 0.414 e. The molecule has 0 saturated carbocycles. The largest absolute Gasteiger partial charge is 0.444 e. The zero-order chi connectivity index (χ0) is 22.8. The number of rotatable bonds is 8. The van der Waals surface area contributed by atoms with Gasteiger partial charge in [-0.05, 0) is 18.4 Å². The molecule has 1 unspecified atom stereocenters. The lowest BCUT2D eigenvalue weighted by Gasteiger charge is -2.26. The summed E-state index contributed by atoms with van der Waals surface area (Å²) in [5, 5.41) is 8.11. The lowest BCUT2D eigenvalue weighted by Crippen LogP contribution is -2.46. The van der Waals surface area contributed by atoms with Gasteiger partial charge in [0.15, 0.2) is 5.96 Å². The zero-order valence-corrected chi connectivity index (χ0v) is 18.6. The van der Waals surface area contributed by atoms with Gasteiger partial charge in [0.25, 0.3) is 5.91 Å². The molecule has 6 N–H and O–H groups in total. The van der Waals surface area contributed by atoms with Crippen molar-refractivity contribution >= 4 is 29.3 Å². The Balaban J connectivity index is 1.36. The van der Waals surface area contributed by atoms with Crippen molar-refractivity contribution in [1.82, 2.24) is 20.5 Å². The molecule has 0 spiro atoms. The molecule has 1 saturated heterocycles. The number of benzene rings is 1. The van der Waals surface area contributed by atoms with Crippen LogP contribution < -0.4 is 22.1 Å². The van der Waals surface area contributed by atoms with E-state index in [1.165, 1.54) is 11.3 Å². The number of piperazine rings is 1. The van der Waals surface area contributed by atoms with Gasteiger partial charge in [0, 0.05) is 38.1 Å². The smallest absolute Gasteiger partial charge is 0.414 e. The molecule has 2 heterocycles. The maximum atomic E-state index is 12.5. The second-order valence-electron chi connectivity index (χ2n) is 7.32. The number of ether oxygens (including phenoxy) is 1. The number of alkyl carbamates (subject to hydrolysis) is 1. The van der Waals surface area contributed by atoms with E-state index in [0.717, 1.165) is 23.7 Å². The average Bonchev–Trinajstić information content (AvgIpc) is 3.31. The van der Waals surface area contributed by atoms with Crippen molar-refractivity contribution in [2.45, 2.75) is 25.5 Å². The first-order chi connectivity index (χ1) is 15.5. The fourth-order valence-electron chi connectivity index (χ4n) is 3.12. The van der Waals surface area contributed by atoms with Gasteiger partial charge in [0.05, 0.1) is 6.04 Å². The van der Waals surface area contributed by atoms with E-state index < -0.39 is 6.09 Å². The van der Waals surface area contributed by atoms with Gasteiger partial charge < -0.3 is 26.4 Å². The van der Waals surface area contributed by atoms with Crippen LogP contribution in [0.5, 0.6) is 0 Å². The van der Waals surface area contributed by atoms with Crippen LogP contribution in [0.15, 0.2) is 40.7 Å². The van der Waals surface area contributed by atoms with Gasteiger partial charge in [0.1, 0.15) is 17.3 Å². The van der Waals surface area contributed by atoms with Gasteiger partial charge in [-0.25, -0.2) is 9.78 Å². The van der Waals surface area contributed by atoms with Crippen molar-refractivity contribution in [3.8, 4) is 0 Å². The van der Waals surface area contributed by atoms with Gasteiger partial charge in [-0.3, -0.25) is 15.1 Å². The van der Waals surface area contributed by atoms with Crippen LogP contribution in [0, 0.1) is 0 Å². The molecule has 2 amide bonds. The Morgan fingerprint density at radius 3 is 2.78 bits per heavy atom. The highest BCUT2D eigenvalue weighted by molar-refractivity contribution is 7.09. The predicted octanol–water partition coefficient (Wildman–Crippen LogP) is 1.21. The van der Waals surface area contributed by atoms with E-state index in [-0.39, 0.29) is 24.5 Å². The van der Waals surface area contributed by atoms with Crippen molar-refractivity contribution in [3.63, 3.8) is 0 Å². The monoisotopic (exact) mass is 459 g/mol. The summed E-state index contributed by atoms with van der Waals surface area (Å²) in [6.45, 7) is 3.52. The number of carbonyl (C=O) groups is 2. The molecular weight excluding hydrogens is 430 g/mol. The first kappa shape index (κ1) is 23.6. The minimum absolute atomic E-state index is 0.00483. The summed E-state index contributed by atoms with van der Waals surface area (Å²) in [5.41, 5.74) is 13.3. The van der Waals surface area contributed by atoms with Crippen LogP contribution in [-0.4, -0.2) is 60.6 Å². The standard InChI is InChI=1S/C21H29N7O3S/c22-16(18-26-17(14-32-18)19(29)28-11-9-24-10-12-28)7-4-8-25-20(23)27-21(30)31-13-15-5-2-1-3-6-15/h1-3,5-6,14,16,24H,4,7-13,22H2,(H3,23,25,27,30). The fourth-order valence-corrected chi connectivity index (χ4v) is 3.95. The van der Waals surface area contributed by atoms with Crippen molar-refractivity contribution in [1.29, 1.82) is 0 Å². The molecule has 1 aliphatic rings. The van der Waals surface area contributed by atoms with E-state index in [0.29, 0.717) is 38.2 Å². The van der Waals surface area contributed by atoms with Crippen LogP contribution >= 0.6 is 11.3 Å². The Morgan fingerprint density at radius 1 is 1.28 bits per heavy atom. The zero-order valence-electron chi connectivity index (χ0n) is 17.8. The third-order valence-electron chi connectivity index (χ3n) is 4.86. The van der Waals surface area contributed by atoms with E-state index in [1.54, 1.807) is 10.3 Å². The first-order valence-corrected chi connectivity index (χ1v) is 11.4. The lowest BCUT2D eigenvalue weighted by atomic mass is 10.2. The molecule has 1 aromatic heterocycles. The number of hydrogen-bond acceptors (Lipinski definition) is 8. The van der Waals surface area contributed by atoms with Gasteiger partial charge in [-0.1, -0.05) is 30.3 Å². The van der Waals surface area contributed by atoms with E-state index >= 15 is 0 Å². The van der Waals surface area contributed by atoms with Crippen molar-refractivity contribution in [2.75, 3.05) is 32.7 Å². The molecule has 2 aromatic rings. The summed E-state index contributed by atoms with van der Waals surface area (Å²) in [5.74, 6) is -0.0569. The Hall–Kier alpha value is -3.02. The van der Waals surface area contributed by atoms with Gasteiger partial charge >= 0.3 is 6.09 Å². The van der Waals surface area contributed by atoms with E-state index in [1.807, 2.05) is 30.3 Å². The molecular formula is C21H29N7O3S. The number of amides is 2. The number of aromatic nitrogens is 1. The summed E-state index contributed by atoms with van der Waals surface area (Å²) in [6, 6.07) is 9.06. The van der Waals surface area contributed by atoms with Crippen LogP contribution in [0.4, 0.5) is 4.79 Å². The Morgan fingerprint density at radius 2 is 2.03 bits per heavy atom. The highest BCUT2D eigenvalue weighted by Gasteiger charge is 2.21. The summed E-state index contributed by atoms with van der Waals surface area (Å²) >= 11 is 1.39. The molecule has 0 aliphatic carbocycles. The SMILES string of the molecule is NC(=NCCCC(N)c1nc(C(=O)N2CCNCC2)cs1)NC(=O)OCc1ccccc1. The van der Waals surface area contributed by atoms with Crippen LogP contribution in [0.3, 0.4) is 0 Å². The number of aliphatic imine (C=N–C) groups is 1. The normalized spacial score (nSPS) is 15.3. The number of carbonyl (C=O) groups excluding carboxylic acids is 2. The third-order valence-corrected chi connectivity index (χ3v) is 5.84. The van der Waals surface area contributed by atoms with E-state index in [4.69, 9.17) is 16.2 Å². The number of thiazole rings is 1. The Labute approximate surface area is 191 Å². The summed E-state index contributed by atoms with van der Waals surface area (Å²) in [6.07, 6.45) is 0.629. The molecule has 3 rings (SSSR count). The molecule has 1 fully saturated rings. The number of guanidine groups is 1. The Kier molecular flexibility index (Phi) is 8.96. The molecule has 32 heavy (non-hydrogen) atoms. The lowest BCUT2D eigenvalue weighted by molar-refractivity contribution is 0.0730. The molecule has 0 radical (unpaired) electrons. The highest BCUT2D eigenvalue weighted by Crippen LogP contribution is 2.21. The molecule has 11 heteroatoms. The van der Waals surface area contributed by atoms with Crippen LogP contribution in [0.2, 0.25) is 0 Å². The molecule has 172 valence electrons. The minimum atomic E-state index is -0.656. The van der Waals surface area contributed by atoms with Gasteiger partial charge in [0.2, 0.25) is 0 Å². The van der Waals surface area contributed by atoms with Crippen molar-refractivity contribution < 1.29 is 14.3 Å². The molecule has 1 aromatic carbocycles.